The Morgan fingerprint density at radius 3 is 2.13 bits per heavy atom. The maximum absolute atomic E-state index is 11.2. The zero-order chi connectivity index (χ0) is 11.8. The third-order valence-electron chi connectivity index (χ3n) is 1.70. The molecular formula is C10H19ClN2O2. The molecule has 0 fully saturated rings. The third kappa shape index (κ3) is 8.24. The first-order valence-corrected chi connectivity index (χ1v) is 5.55. The number of carbonyl (C=O) groups excluding carboxylic acids is 2. The minimum absolute atomic E-state index is 0.0122. The van der Waals surface area contributed by atoms with Gasteiger partial charge >= 0.3 is 0 Å². The molecule has 15 heavy (non-hydrogen) atoms. The highest BCUT2D eigenvalue weighted by molar-refractivity contribution is 6.30. The predicted octanol–water partition coefficient (Wildman–Crippen LogP) is 0.892. The molecule has 0 bridgehead atoms. The Labute approximate surface area is 95.7 Å². The van der Waals surface area contributed by atoms with Gasteiger partial charge < -0.3 is 10.6 Å². The van der Waals surface area contributed by atoms with Crippen molar-refractivity contribution in [1.29, 1.82) is 0 Å². The summed E-state index contributed by atoms with van der Waals surface area (Å²) in [6, 6.07) is 0. The summed E-state index contributed by atoms with van der Waals surface area (Å²) >= 11 is 5.54. The van der Waals surface area contributed by atoms with Crippen LogP contribution in [0.4, 0.5) is 0 Å². The lowest BCUT2D eigenvalue weighted by Gasteiger charge is -2.08. The number of nitrogens with one attached hydrogen (secondary N) is 2. The number of hydrogen-bond donors (Lipinski definition) is 2. The fraction of sp³-hybridized carbons (Fsp3) is 0.800. The van der Waals surface area contributed by atoms with E-state index >= 15 is 0 Å². The average Bonchev–Trinajstić information content (AvgIpc) is 2.10. The maximum atomic E-state index is 11.2. The molecule has 2 amide bonds. The quantitative estimate of drug-likeness (QED) is 0.530. The van der Waals surface area contributed by atoms with Crippen molar-refractivity contribution in [3.05, 3.63) is 0 Å². The van der Waals surface area contributed by atoms with E-state index in [9.17, 15) is 9.59 Å². The van der Waals surface area contributed by atoms with Crippen LogP contribution in [0.5, 0.6) is 0 Å². The van der Waals surface area contributed by atoms with Gasteiger partial charge in [-0.05, 0) is 12.8 Å². The monoisotopic (exact) mass is 234 g/mol. The zero-order valence-corrected chi connectivity index (χ0v) is 10.2. The van der Waals surface area contributed by atoms with Crippen molar-refractivity contribution in [2.45, 2.75) is 32.6 Å². The van der Waals surface area contributed by atoms with E-state index in [1.165, 1.54) is 0 Å². The molecule has 0 aromatic carbocycles. The molecule has 0 aromatic heterocycles. The Balaban J connectivity index is 3.46. The number of alkyl halides is 1. The van der Waals surface area contributed by atoms with Crippen LogP contribution in [0, 0.1) is 5.92 Å². The van der Waals surface area contributed by atoms with Crippen molar-refractivity contribution in [2.24, 2.45) is 5.92 Å². The Kier molecular flexibility index (Phi) is 7.13. The van der Waals surface area contributed by atoms with Crippen LogP contribution in [-0.2, 0) is 9.59 Å². The predicted molar refractivity (Wildman–Crippen MR) is 60.8 cm³/mol. The van der Waals surface area contributed by atoms with Gasteiger partial charge in [0.25, 0.3) is 0 Å². The van der Waals surface area contributed by atoms with Crippen molar-refractivity contribution in [3.63, 3.8) is 0 Å². The molecule has 0 spiro atoms. The lowest BCUT2D eigenvalue weighted by Crippen LogP contribution is -2.37. The van der Waals surface area contributed by atoms with Gasteiger partial charge in [-0.3, -0.25) is 9.59 Å². The maximum Gasteiger partial charge on any atom is 0.237 e. The van der Waals surface area contributed by atoms with Crippen LogP contribution in [-0.4, -0.2) is 30.3 Å². The Hall–Kier alpha value is -0.770. The smallest absolute Gasteiger partial charge is 0.237 e. The highest BCUT2D eigenvalue weighted by Crippen LogP contribution is 1.97. The Bertz CT molecular complexity index is 217. The molecule has 5 heteroatoms. The minimum atomic E-state index is -0.531. The second kappa shape index (κ2) is 7.51. The van der Waals surface area contributed by atoms with Gasteiger partial charge in [-0.25, -0.2) is 0 Å². The molecule has 0 aliphatic heterocycles. The van der Waals surface area contributed by atoms with Crippen LogP contribution in [0.1, 0.15) is 27.2 Å². The second-order valence-corrected chi connectivity index (χ2v) is 4.51. The lowest BCUT2D eigenvalue weighted by molar-refractivity contribution is -0.123. The van der Waals surface area contributed by atoms with Gasteiger partial charge in [-0.1, -0.05) is 13.8 Å². The molecule has 88 valence electrons. The number of hydrogen-bond acceptors (Lipinski definition) is 2. The topological polar surface area (TPSA) is 58.2 Å². The van der Waals surface area contributed by atoms with Crippen LogP contribution in [0.15, 0.2) is 0 Å². The van der Waals surface area contributed by atoms with Gasteiger partial charge in [0.05, 0.1) is 0 Å². The fourth-order valence-corrected chi connectivity index (χ4v) is 1.05. The van der Waals surface area contributed by atoms with Crippen LogP contribution < -0.4 is 10.6 Å². The molecule has 2 N–H and O–H groups in total. The average molecular weight is 235 g/mol. The second-order valence-electron chi connectivity index (χ2n) is 3.85. The largest absolute Gasteiger partial charge is 0.354 e. The van der Waals surface area contributed by atoms with Crippen LogP contribution in [0.2, 0.25) is 0 Å². The van der Waals surface area contributed by atoms with E-state index < -0.39 is 5.38 Å². The van der Waals surface area contributed by atoms with E-state index in [2.05, 4.69) is 10.6 Å². The Morgan fingerprint density at radius 1 is 1.13 bits per heavy atom. The van der Waals surface area contributed by atoms with Gasteiger partial charge in [-0.2, -0.15) is 0 Å². The standard InChI is InChI=1S/C10H19ClN2O2/c1-7(2)6-9(14)12-4-5-13-10(15)8(3)11/h7-8H,4-6H2,1-3H3,(H,12,14)(H,13,15). The molecule has 0 aromatic rings. The van der Waals surface area contributed by atoms with Crippen LogP contribution in [0.25, 0.3) is 0 Å². The first-order valence-electron chi connectivity index (χ1n) is 5.12. The summed E-state index contributed by atoms with van der Waals surface area (Å²) in [5.41, 5.74) is 0. The summed E-state index contributed by atoms with van der Waals surface area (Å²) < 4.78 is 0. The molecule has 0 heterocycles. The molecule has 0 aliphatic carbocycles. The van der Waals surface area contributed by atoms with E-state index in [1.807, 2.05) is 13.8 Å². The van der Waals surface area contributed by atoms with Gasteiger partial charge in [-0.15, -0.1) is 11.6 Å². The van der Waals surface area contributed by atoms with Crippen molar-refractivity contribution < 1.29 is 9.59 Å². The van der Waals surface area contributed by atoms with Gasteiger partial charge in [0, 0.05) is 19.5 Å². The van der Waals surface area contributed by atoms with E-state index in [1.54, 1.807) is 6.92 Å². The summed E-state index contributed by atoms with van der Waals surface area (Å²) in [6.45, 7) is 6.43. The van der Waals surface area contributed by atoms with E-state index in [4.69, 9.17) is 11.6 Å². The van der Waals surface area contributed by atoms with Crippen molar-refractivity contribution in [2.75, 3.05) is 13.1 Å². The van der Waals surface area contributed by atoms with Gasteiger partial charge in [0.2, 0.25) is 11.8 Å². The SMILES string of the molecule is CC(C)CC(=O)NCCNC(=O)C(C)Cl. The van der Waals surface area contributed by atoms with E-state index in [-0.39, 0.29) is 11.8 Å². The molecule has 4 nitrogen and oxygen atoms in total. The fourth-order valence-electron chi connectivity index (χ4n) is 0.971. The summed E-state index contributed by atoms with van der Waals surface area (Å²) in [4.78, 5) is 22.2. The van der Waals surface area contributed by atoms with Gasteiger partial charge in [0.1, 0.15) is 5.38 Å². The van der Waals surface area contributed by atoms with Crippen LogP contribution >= 0.6 is 11.6 Å². The summed E-state index contributed by atoms with van der Waals surface area (Å²) in [6.07, 6.45) is 0.514. The first kappa shape index (κ1) is 14.2. The molecule has 0 rings (SSSR count). The van der Waals surface area contributed by atoms with E-state index in [0.717, 1.165) is 0 Å². The molecule has 1 atom stereocenters. The molecular weight excluding hydrogens is 216 g/mol. The molecule has 0 saturated carbocycles. The van der Waals surface area contributed by atoms with Crippen molar-refractivity contribution >= 4 is 23.4 Å². The number of amides is 2. The number of rotatable bonds is 6. The molecule has 0 radical (unpaired) electrons. The normalized spacial score (nSPS) is 12.3. The first-order chi connectivity index (χ1) is 6.93. The number of halogens is 1. The lowest BCUT2D eigenvalue weighted by atomic mass is 10.1. The highest BCUT2D eigenvalue weighted by Gasteiger charge is 2.08. The summed E-state index contributed by atoms with van der Waals surface area (Å²) in [7, 11) is 0. The Morgan fingerprint density at radius 2 is 1.67 bits per heavy atom. The highest BCUT2D eigenvalue weighted by atomic mass is 35.5. The van der Waals surface area contributed by atoms with E-state index in [0.29, 0.717) is 25.4 Å². The van der Waals surface area contributed by atoms with Crippen LogP contribution in [0.3, 0.4) is 0 Å². The van der Waals surface area contributed by atoms with Crippen molar-refractivity contribution in [1.82, 2.24) is 10.6 Å². The van der Waals surface area contributed by atoms with Crippen molar-refractivity contribution in [3.8, 4) is 0 Å². The minimum Gasteiger partial charge on any atom is -0.354 e. The molecule has 1 unspecified atom stereocenters. The summed E-state index contributed by atoms with van der Waals surface area (Å²) in [5.74, 6) is 0.149. The molecule has 0 saturated heterocycles. The van der Waals surface area contributed by atoms with Gasteiger partial charge in [0.15, 0.2) is 0 Å². The third-order valence-corrected chi connectivity index (χ3v) is 1.90. The summed E-state index contributed by atoms with van der Waals surface area (Å²) in [5, 5.41) is 4.79. The number of carbonyl (C=O) groups is 2. The molecule has 0 aliphatic rings. The zero-order valence-electron chi connectivity index (χ0n) is 9.47.